The first-order chi connectivity index (χ1) is 12.5. The summed E-state index contributed by atoms with van der Waals surface area (Å²) in [6.07, 6.45) is 1.82. The number of nitrogens with zero attached hydrogens (tertiary/aromatic N) is 2. The van der Waals surface area contributed by atoms with Crippen LogP contribution in [0, 0.1) is 5.82 Å². The number of carbonyl (C=O) groups excluding carboxylic acids is 1. The van der Waals surface area contributed by atoms with Gasteiger partial charge in [-0.2, -0.15) is 0 Å². The van der Waals surface area contributed by atoms with Crippen molar-refractivity contribution in [1.29, 1.82) is 0 Å². The van der Waals surface area contributed by atoms with E-state index in [1.54, 1.807) is 11.9 Å². The molecule has 1 aliphatic heterocycles. The van der Waals surface area contributed by atoms with Gasteiger partial charge in [-0.3, -0.25) is 4.90 Å². The molecule has 0 saturated carbocycles. The summed E-state index contributed by atoms with van der Waals surface area (Å²) in [6, 6.07) is 10.4. The van der Waals surface area contributed by atoms with Gasteiger partial charge in [0.05, 0.1) is 6.54 Å². The molecule has 1 aromatic heterocycles. The second kappa shape index (κ2) is 8.68. The molecule has 1 fully saturated rings. The van der Waals surface area contributed by atoms with E-state index in [2.05, 4.69) is 26.1 Å². The number of piperidine rings is 1. The van der Waals surface area contributed by atoms with Gasteiger partial charge in [0.15, 0.2) is 4.67 Å². The standard InChI is InChI=1S/C19H23BrFN3O2/c1-23(13-17-6-7-18(20)26-17)19(25)22-16-8-10-24(11-9-16)12-14-2-4-15(21)5-3-14/h2-7,16H,8-13H2,1H3,(H,22,25). The van der Waals surface area contributed by atoms with Crippen molar-refractivity contribution in [2.45, 2.75) is 32.0 Å². The molecule has 2 amide bonds. The van der Waals surface area contributed by atoms with Crippen LogP contribution in [0.2, 0.25) is 0 Å². The van der Waals surface area contributed by atoms with Gasteiger partial charge in [0.2, 0.25) is 0 Å². The van der Waals surface area contributed by atoms with Crippen LogP contribution in [0.3, 0.4) is 0 Å². The van der Waals surface area contributed by atoms with Crippen LogP contribution in [0.15, 0.2) is 45.5 Å². The fourth-order valence-electron chi connectivity index (χ4n) is 3.11. The molecular formula is C19H23BrFN3O2. The third-order valence-electron chi connectivity index (χ3n) is 4.60. The Morgan fingerprint density at radius 1 is 1.27 bits per heavy atom. The maximum Gasteiger partial charge on any atom is 0.317 e. The number of hydrogen-bond donors (Lipinski definition) is 1. The lowest BCUT2D eigenvalue weighted by atomic mass is 10.0. The summed E-state index contributed by atoms with van der Waals surface area (Å²) in [5.74, 6) is 0.532. The van der Waals surface area contributed by atoms with E-state index in [9.17, 15) is 9.18 Å². The molecule has 1 aromatic carbocycles. The highest BCUT2D eigenvalue weighted by atomic mass is 79.9. The maximum atomic E-state index is 13.0. The lowest BCUT2D eigenvalue weighted by molar-refractivity contribution is 0.171. The Hall–Kier alpha value is -1.86. The predicted molar refractivity (Wildman–Crippen MR) is 101 cm³/mol. The van der Waals surface area contributed by atoms with Crippen molar-refractivity contribution < 1.29 is 13.6 Å². The minimum Gasteiger partial charge on any atom is -0.452 e. The molecule has 2 aromatic rings. The Morgan fingerprint density at radius 2 is 1.96 bits per heavy atom. The van der Waals surface area contributed by atoms with Crippen LogP contribution >= 0.6 is 15.9 Å². The van der Waals surface area contributed by atoms with Gasteiger partial charge in [-0.15, -0.1) is 0 Å². The summed E-state index contributed by atoms with van der Waals surface area (Å²) < 4.78 is 19.1. The van der Waals surface area contributed by atoms with Crippen LogP contribution in [0.1, 0.15) is 24.2 Å². The van der Waals surface area contributed by atoms with Gasteiger partial charge in [-0.05, 0) is 58.6 Å². The number of rotatable bonds is 5. The molecule has 0 spiro atoms. The summed E-state index contributed by atoms with van der Waals surface area (Å²) in [4.78, 5) is 16.3. The number of urea groups is 1. The first-order valence-electron chi connectivity index (χ1n) is 8.72. The molecule has 0 unspecified atom stereocenters. The van der Waals surface area contributed by atoms with E-state index in [4.69, 9.17) is 4.42 Å². The summed E-state index contributed by atoms with van der Waals surface area (Å²) in [7, 11) is 1.76. The van der Waals surface area contributed by atoms with E-state index >= 15 is 0 Å². The SMILES string of the molecule is CN(Cc1ccc(Br)o1)C(=O)NC1CCN(Cc2ccc(F)cc2)CC1. The molecule has 26 heavy (non-hydrogen) atoms. The zero-order chi connectivity index (χ0) is 18.5. The molecular weight excluding hydrogens is 401 g/mol. The highest BCUT2D eigenvalue weighted by Crippen LogP contribution is 2.17. The first kappa shape index (κ1) is 18.9. The van der Waals surface area contributed by atoms with E-state index in [1.165, 1.54) is 12.1 Å². The van der Waals surface area contributed by atoms with Gasteiger partial charge >= 0.3 is 6.03 Å². The van der Waals surface area contributed by atoms with Gasteiger partial charge in [-0.1, -0.05) is 12.1 Å². The molecule has 7 heteroatoms. The number of halogens is 2. The van der Waals surface area contributed by atoms with E-state index in [0.717, 1.165) is 43.8 Å². The molecule has 1 aliphatic rings. The molecule has 1 N–H and O–H groups in total. The molecule has 1 saturated heterocycles. The molecule has 3 rings (SSSR count). The fraction of sp³-hybridized carbons (Fsp3) is 0.421. The van der Waals surface area contributed by atoms with Gasteiger partial charge in [-0.25, -0.2) is 9.18 Å². The normalized spacial score (nSPS) is 15.8. The van der Waals surface area contributed by atoms with E-state index in [0.29, 0.717) is 11.2 Å². The van der Waals surface area contributed by atoms with E-state index in [1.807, 2.05) is 24.3 Å². The summed E-state index contributed by atoms with van der Waals surface area (Å²) in [6.45, 7) is 3.07. The van der Waals surface area contributed by atoms with Crippen molar-refractivity contribution >= 4 is 22.0 Å². The monoisotopic (exact) mass is 423 g/mol. The zero-order valence-electron chi connectivity index (χ0n) is 14.8. The highest BCUT2D eigenvalue weighted by molar-refractivity contribution is 9.10. The topological polar surface area (TPSA) is 48.7 Å². The van der Waals surface area contributed by atoms with Crippen molar-refractivity contribution in [3.63, 3.8) is 0 Å². The number of nitrogens with one attached hydrogen (secondary N) is 1. The molecule has 0 bridgehead atoms. The highest BCUT2D eigenvalue weighted by Gasteiger charge is 2.22. The average molecular weight is 424 g/mol. The summed E-state index contributed by atoms with van der Waals surface area (Å²) in [5, 5.41) is 3.09. The minimum atomic E-state index is -0.207. The van der Waals surface area contributed by atoms with Gasteiger partial charge in [0.25, 0.3) is 0 Å². The number of carbonyl (C=O) groups is 1. The third-order valence-corrected chi connectivity index (χ3v) is 5.03. The van der Waals surface area contributed by atoms with Gasteiger partial charge < -0.3 is 14.6 Å². The van der Waals surface area contributed by atoms with Crippen LogP contribution < -0.4 is 5.32 Å². The lowest BCUT2D eigenvalue weighted by Gasteiger charge is -2.33. The molecule has 0 aliphatic carbocycles. The van der Waals surface area contributed by atoms with Crippen LogP contribution in [0.5, 0.6) is 0 Å². The van der Waals surface area contributed by atoms with Crippen molar-refractivity contribution in [3.8, 4) is 0 Å². The fourth-order valence-corrected chi connectivity index (χ4v) is 3.45. The number of benzene rings is 1. The quantitative estimate of drug-likeness (QED) is 0.790. The number of likely N-dealkylation sites (tertiary alicyclic amines) is 1. The lowest BCUT2D eigenvalue weighted by Crippen LogP contribution is -2.47. The predicted octanol–water partition coefficient (Wildman–Crippen LogP) is 3.99. The second-order valence-corrected chi connectivity index (χ2v) is 7.47. The van der Waals surface area contributed by atoms with Crippen molar-refractivity contribution in [1.82, 2.24) is 15.1 Å². The Labute approximate surface area is 161 Å². The number of furan rings is 1. The van der Waals surface area contributed by atoms with Crippen LogP contribution in [-0.4, -0.2) is 42.0 Å². The summed E-state index contributed by atoms with van der Waals surface area (Å²) in [5.41, 5.74) is 1.11. The number of hydrogen-bond acceptors (Lipinski definition) is 3. The number of amides is 2. The van der Waals surface area contributed by atoms with Crippen molar-refractivity contribution in [3.05, 3.63) is 58.2 Å². The van der Waals surface area contributed by atoms with Crippen LogP contribution in [0.4, 0.5) is 9.18 Å². The molecule has 140 valence electrons. The molecule has 0 radical (unpaired) electrons. The second-order valence-electron chi connectivity index (χ2n) is 6.69. The molecule has 0 atom stereocenters. The van der Waals surface area contributed by atoms with E-state index in [-0.39, 0.29) is 17.9 Å². The largest absolute Gasteiger partial charge is 0.452 e. The van der Waals surface area contributed by atoms with Crippen LogP contribution in [-0.2, 0) is 13.1 Å². The Kier molecular flexibility index (Phi) is 6.32. The summed E-state index contributed by atoms with van der Waals surface area (Å²) >= 11 is 3.26. The van der Waals surface area contributed by atoms with Crippen LogP contribution in [0.25, 0.3) is 0 Å². The smallest absolute Gasteiger partial charge is 0.317 e. The molecule has 2 heterocycles. The van der Waals surface area contributed by atoms with Crippen molar-refractivity contribution in [2.24, 2.45) is 0 Å². The Balaban J connectivity index is 1.41. The third kappa shape index (κ3) is 5.32. The average Bonchev–Trinajstić information content (AvgIpc) is 3.03. The molecule has 5 nitrogen and oxygen atoms in total. The zero-order valence-corrected chi connectivity index (χ0v) is 16.3. The minimum absolute atomic E-state index is 0.0884. The van der Waals surface area contributed by atoms with Gasteiger partial charge in [0, 0.05) is 32.7 Å². The maximum absolute atomic E-state index is 13.0. The first-order valence-corrected chi connectivity index (χ1v) is 9.51. The van der Waals surface area contributed by atoms with E-state index < -0.39 is 0 Å². The van der Waals surface area contributed by atoms with Crippen molar-refractivity contribution in [2.75, 3.05) is 20.1 Å². The Morgan fingerprint density at radius 3 is 2.58 bits per heavy atom. The Bertz CT molecular complexity index is 727. The van der Waals surface area contributed by atoms with Gasteiger partial charge in [0.1, 0.15) is 11.6 Å².